The van der Waals surface area contributed by atoms with Crippen molar-refractivity contribution in [3.8, 4) is 39.5 Å². The van der Waals surface area contributed by atoms with Gasteiger partial charge in [0.1, 0.15) is 18.0 Å². The maximum atomic E-state index is 12.6. The third kappa shape index (κ3) is 7.45. The number of hydrogen-bond donors (Lipinski definition) is 2. The van der Waals surface area contributed by atoms with E-state index in [9.17, 15) is 26.5 Å². The van der Waals surface area contributed by atoms with Gasteiger partial charge in [0, 0.05) is 36.2 Å². The number of hydrogen-bond acceptors (Lipinski definition) is 9. The lowest BCUT2D eigenvalue weighted by atomic mass is 9.98. The molecule has 41 heavy (non-hydrogen) atoms. The number of alkyl halides is 3. The average molecular weight is 585 g/mol. The fourth-order valence-corrected chi connectivity index (χ4v) is 4.58. The monoisotopic (exact) mass is 584 g/mol. The SMILES string of the molecule is Cc1nc(-c2ccc(OC(F)(F)F)cc2)c(-c2cc(-c3cccc(S(C)(=O)=O)c3)ccc2N/C=C\C(=N)CN=O)o1. The second-order valence-electron chi connectivity index (χ2n) is 8.83. The molecule has 212 valence electrons. The number of anilines is 1. The molecule has 0 aliphatic carbocycles. The van der Waals surface area contributed by atoms with Crippen LogP contribution in [0.1, 0.15) is 5.89 Å². The summed E-state index contributed by atoms with van der Waals surface area (Å²) in [6.45, 7) is 1.31. The second kappa shape index (κ2) is 11.8. The predicted octanol–water partition coefficient (Wildman–Crippen LogP) is 7.00. The highest BCUT2D eigenvalue weighted by atomic mass is 32.2. The van der Waals surface area contributed by atoms with Crippen LogP contribution in [-0.4, -0.2) is 38.3 Å². The predicted molar refractivity (Wildman–Crippen MR) is 148 cm³/mol. The molecule has 0 aliphatic heterocycles. The van der Waals surface area contributed by atoms with E-state index in [1.54, 1.807) is 43.3 Å². The van der Waals surface area contributed by atoms with E-state index >= 15 is 0 Å². The van der Waals surface area contributed by atoms with E-state index in [2.05, 4.69) is 20.2 Å². The van der Waals surface area contributed by atoms with Crippen molar-refractivity contribution in [3.63, 3.8) is 0 Å². The van der Waals surface area contributed by atoms with Crippen molar-refractivity contribution >= 4 is 21.2 Å². The van der Waals surface area contributed by atoms with E-state index in [-0.39, 0.29) is 28.8 Å². The molecule has 4 aromatic rings. The Morgan fingerprint density at radius 3 is 2.41 bits per heavy atom. The highest BCUT2D eigenvalue weighted by molar-refractivity contribution is 7.90. The Balaban J connectivity index is 1.82. The molecule has 0 radical (unpaired) electrons. The van der Waals surface area contributed by atoms with Gasteiger partial charge in [0.2, 0.25) is 0 Å². The number of nitrogens with one attached hydrogen (secondary N) is 2. The van der Waals surface area contributed by atoms with Crippen LogP contribution >= 0.6 is 0 Å². The lowest BCUT2D eigenvalue weighted by Crippen LogP contribution is -2.16. The first-order valence-corrected chi connectivity index (χ1v) is 13.8. The van der Waals surface area contributed by atoms with Gasteiger partial charge in [-0.2, -0.15) is 4.91 Å². The quantitative estimate of drug-likeness (QED) is 0.151. The van der Waals surface area contributed by atoms with Gasteiger partial charge >= 0.3 is 6.36 Å². The van der Waals surface area contributed by atoms with Gasteiger partial charge in [0.25, 0.3) is 0 Å². The number of ether oxygens (including phenoxy) is 1. The maximum absolute atomic E-state index is 12.6. The molecule has 2 N–H and O–H groups in total. The summed E-state index contributed by atoms with van der Waals surface area (Å²) in [6, 6.07) is 16.8. The number of oxazole rings is 1. The number of benzene rings is 3. The van der Waals surface area contributed by atoms with Crippen LogP contribution < -0.4 is 10.1 Å². The molecule has 0 atom stereocenters. The van der Waals surface area contributed by atoms with E-state index in [1.807, 2.05) is 0 Å². The van der Waals surface area contributed by atoms with Crippen molar-refractivity contribution < 1.29 is 30.7 Å². The zero-order valence-corrected chi connectivity index (χ0v) is 22.5. The Morgan fingerprint density at radius 1 is 1.07 bits per heavy atom. The van der Waals surface area contributed by atoms with Gasteiger partial charge in [-0.05, 0) is 65.7 Å². The highest BCUT2D eigenvalue weighted by Gasteiger charge is 2.31. The van der Waals surface area contributed by atoms with Crippen LogP contribution in [-0.2, 0) is 9.84 Å². The van der Waals surface area contributed by atoms with Crippen molar-refractivity contribution in [3.05, 3.63) is 89.8 Å². The van der Waals surface area contributed by atoms with Crippen LogP contribution in [0.15, 0.2) is 93.5 Å². The van der Waals surface area contributed by atoms with Crippen molar-refractivity contribution in [1.29, 1.82) is 5.41 Å². The van der Waals surface area contributed by atoms with E-state index in [0.717, 1.165) is 18.4 Å². The lowest BCUT2D eigenvalue weighted by Gasteiger charge is -2.13. The summed E-state index contributed by atoms with van der Waals surface area (Å²) in [4.78, 5) is 15.0. The summed E-state index contributed by atoms with van der Waals surface area (Å²) in [5.41, 5.74) is 3.02. The Bertz CT molecular complexity index is 1730. The Kier molecular flexibility index (Phi) is 8.38. The minimum atomic E-state index is -4.84. The van der Waals surface area contributed by atoms with Crippen LogP contribution in [0.25, 0.3) is 33.7 Å². The van der Waals surface area contributed by atoms with Crippen LogP contribution in [0.2, 0.25) is 0 Å². The fourth-order valence-electron chi connectivity index (χ4n) is 3.92. The van der Waals surface area contributed by atoms with Crippen molar-refractivity contribution in [2.45, 2.75) is 18.2 Å². The molecular weight excluding hydrogens is 561 g/mol. The standard InChI is InChI=1S/C28H23F3N4O5S/c1-17-35-26(18-6-9-22(10-7-18)40-28(29,30)31)27(39-17)24-15-20(19-4-3-5-23(14-19)41(2,37)38)8-11-25(24)33-13-12-21(32)16-34-36/h3-15,32-33H,16H2,1-2H3/b13-12-,32-21?. The summed E-state index contributed by atoms with van der Waals surface area (Å²) < 4.78 is 72.1. The third-order valence-corrected chi connectivity index (χ3v) is 6.82. The molecule has 0 amide bonds. The van der Waals surface area contributed by atoms with Crippen molar-refractivity contribution in [1.82, 2.24) is 4.98 Å². The number of aryl methyl sites for hydroxylation is 1. The molecule has 3 aromatic carbocycles. The molecule has 0 fully saturated rings. The summed E-state index contributed by atoms with van der Waals surface area (Å²) in [5.74, 6) is 0.180. The molecule has 0 spiro atoms. The summed E-state index contributed by atoms with van der Waals surface area (Å²) >= 11 is 0. The van der Waals surface area contributed by atoms with Crippen LogP contribution in [0.4, 0.5) is 18.9 Å². The number of sulfone groups is 1. The Morgan fingerprint density at radius 2 is 1.76 bits per heavy atom. The Labute approximate surface area is 233 Å². The van der Waals surface area contributed by atoms with Crippen LogP contribution in [0, 0.1) is 17.2 Å². The molecule has 0 saturated carbocycles. The smallest absolute Gasteiger partial charge is 0.440 e. The minimum Gasteiger partial charge on any atom is -0.440 e. The second-order valence-corrected chi connectivity index (χ2v) is 10.8. The molecule has 0 aliphatic rings. The largest absolute Gasteiger partial charge is 0.573 e. The summed E-state index contributed by atoms with van der Waals surface area (Å²) in [7, 11) is -3.46. The molecule has 13 heteroatoms. The van der Waals surface area contributed by atoms with E-state index in [1.165, 1.54) is 30.5 Å². The minimum absolute atomic E-state index is 0.0272. The molecular formula is C28H23F3N4O5S. The zero-order chi connectivity index (χ0) is 29.8. The van der Waals surface area contributed by atoms with Gasteiger partial charge in [-0.25, -0.2) is 13.4 Å². The maximum Gasteiger partial charge on any atom is 0.573 e. The first-order valence-electron chi connectivity index (χ1n) is 11.9. The average Bonchev–Trinajstić information content (AvgIpc) is 3.29. The van der Waals surface area contributed by atoms with Crippen molar-refractivity contribution in [2.24, 2.45) is 5.18 Å². The first kappa shape index (κ1) is 29.2. The van der Waals surface area contributed by atoms with E-state index in [0.29, 0.717) is 33.6 Å². The van der Waals surface area contributed by atoms with E-state index < -0.39 is 21.9 Å². The number of halogens is 3. The summed E-state index contributed by atoms with van der Waals surface area (Å²) in [5, 5.41) is 13.5. The lowest BCUT2D eigenvalue weighted by molar-refractivity contribution is -0.274. The number of rotatable bonds is 10. The van der Waals surface area contributed by atoms with Gasteiger partial charge in [0.15, 0.2) is 21.5 Å². The van der Waals surface area contributed by atoms with Gasteiger partial charge in [0.05, 0.1) is 10.6 Å². The molecule has 1 aromatic heterocycles. The van der Waals surface area contributed by atoms with Crippen LogP contribution in [0.3, 0.4) is 0 Å². The van der Waals surface area contributed by atoms with E-state index in [4.69, 9.17) is 9.83 Å². The Hall–Kier alpha value is -4.78. The number of aromatic nitrogens is 1. The molecule has 0 bridgehead atoms. The van der Waals surface area contributed by atoms with Gasteiger partial charge in [-0.3, -0.25) is 0 Å². The molecule has 1 heterocycles. The molecule has 0 unspecified atom stereocenters. The van der Waals surface area contributed by atoms with Gasteiger partial charge in [-0.15, -0.1) is 13.2 Å². The zero-order valence-electron chi connectivity index (χ0n) is 21.7. The van der Waals surface area contributed by atoms with Gasteiger partial charge < -0.3 is 19.9 Å². The number of nitrogens with zero attached hydrogens (tertiary/aromatic N) is 2. The topological polar surface area (TPSA) is 135 Å². The molecule has 9 nitrogen and oxygen atoms in total. The molecule has 0 saturated heterocycles. The molecule has 4 rings (SSSR count). The fraction of sp³-hybridized carbons (Fsp3) is 0.143. The summed E-state index contributed by atoms with van der Waals surface area (Å²) in [6.07, 6.45) is -0.912. The van der Waals surface area contributed by atoms with Crippen molar-refractivity contribution in [2.75, 3.05) is 18.1 Å². The first-order chi connectivity index (χ1) is 19.3. The number of nitroso groups, excluding NO2 is 1. The highest BCUT2D eigenvalue weighted by Crippen LogP contribution is 2.40. The normalized spacial score (nSPS) is 11.9. The third-order valence-electron chi connectivity index (χ3n) is 5.71. The van der Waals surface area contributed by atoms with Gasteiger partial charge in [-0.1, -0.05) is 23.4 Å². The van der Waals surface area contributed by atoms with Crippen LogP contribution in [0.5, 0.6) is 5.75 Å².